The Morgan fingerprint density at radius 2 is 2.09 bits per heavy atom. The van der Waals surface area contributed by atoms with Crippen LogP contribution in [0.2, 0.25) is 0 Å². The molecule has 1 atom stereocenters. The minimum absolute atomic E-state index is 0.0428. The molecule has 0 bridgehead atoms. The third kappa shape index (κ3) is 2.35. The molecule has 0 aliphatic carbocycles. The molecule has 8 heteroatoms. The van der Waals surface area contributed by atoms with Gasteiger partial charge in [0.05, 0.1) is 23.3 Å². The van der Waals surface area contributed by atoms with Gasteiger partial charge in [-0.1, -0.05) is 12.1 Å². The highest BCUT2D eigenvalue weighted by Gasteiger charge is 2.40. The molecule has 0 saturated carbocycles. The summed E-state index contributed by atoms with van der Waals surface area (Å²) in [5.74, 6) is -0.482. The van der Waals surface area contributed by atoms with Gasteiger partial charge < -0.3 is 15.1 Å². The van der Waals surface area contributed by atoms with E-state index in [0.717, 1.165) is 10.2 Å². The number of amides is 3. The molecule has 2 fully saturated rings. The van der Waals surface area contributed by atoms with Crippen molar-refractivity contribution in [2.75, 3.05) is 26.2 Å². The molecule has 2 aromatic rings. The standard InChI is InChI=1S/C15H14N4O3S/c20-12-7-16-13(21)10-8-18(5-6-19(10)12)15(22)14-17-9-3-1-2-4-11(9)23-14/h1-4,10H,5-8H2,(H,16,21)/t10-/m1/s1. The fourth-order valence-corrected chi connectivity index (χ4v) is 3.90. The van der Waals surface area contributed by atoms with E-state index in [1.807, 2.05) is 24.3 Å². The summed E-state index contributed by atoms with van der Waals surface area (Å²) in [7, 11) is 0. The number of hydrogen-bond acceptors (Lipinski definition) is 5. The van der Waals surface area contributed by atoms with Crippen LogP contribution in [0.4, 0.5) is 0 Å². The minimum Gasteiger partial charge on any atom is -0.345 e. The number of fused-ring (bicyclic) bond motifs is 2. The number of piperazine rings is 2. The normalized spacial score (nSPS) is 21.3. The Balaban J connectivity index is 1.57. The summed E-state index contributed by atoms with van der Waals surface area (Å²) in [6, 6.07) is 6.99. The predicted octanol–water partition coefficient (Wildman–Crippen LogP) is 0.0791. The number of carbonyl (C=O) groups is 3. The topological polar surface area (TPSA) is 82.6 Å². The SMILES string of the molecule is O=C1NCC(=O)N2CCN(C(=O)c3nc4ccccc4s3)C[C@H]12. The maximum atomic E-state index is 12.7. The summed E-state index contributed by atoms with van der Waals surface area (Å²) in [4.78, 5) is 44.0. The van der Waals surface area contributed by atoms with Crippen LogP contribution in [0.1, 0.15) is 9.80 Å². The molecule has 1 aromatic carbocycles. The lowest BCUT2D eigenvalue weighted by molar-refractivity contribution is -0.148. The monoisotopic (exact) mass is 330 g/mol. The number of nitrogens with zero attached hydrogens (tertiary/aromatic N) is 3. The molecule has 3 heterocycles. The fourth-order valence-electron chi connectivity index (χ4n) is 2.97. The van der Waals surface area contributed by atoms with Gasteiger partial charge in [-0.05, 0) is 12.1 Å². The van der Waals surface area contributed by atoms with Crippen molar-refractivity contribution in [2.24, 2.45) is 0 Å². The van der Waals surface area contributed by atoms with Crippen LogP contribution in [0.3, 0.4) is 0 Å². The molecule has 23 heavy (non-hydrogen) atoms. The fraction of sp³-hybridized carbons (Fsp3) is 0.333. The van der Waals surface area contributed by atoms with E-state index in [4.69, 9.17) is 0 Å². The first-order valence-corrected chi connectivity index (χ1v) is 8.17. The van der Waals surface area contributed by atoms with Crippen LogP contribution in [-0.2, 0) is 9.59 Å². The van der Waals surface area contributed by atoms with E-state index in [0.29, 0.717) is 18.1 Å². The largest absolute Gasteiger partial charge is 0.345 e. The third-order valence-electron chi connectivity index (χ3n) is 4.18. The maximum Gasteiger partial charge on any atom is 0.283 e. The van der Waals surface area contributed by atoms with E-state index < -0.39 is 6.04 Å². The first-order chi connectivity index (χ1) is 11.1. The summed E-state index contributed by atoms with van der Waals surface area (Å²) >= 11 is 1.35. The number of benzene rings is 1. The molecule has 118 valence electrons. The lowest BCUT2D eigenvalue weighted by atomic mass is 10.1. The van der Waals surface area contributed by atoms with Gasteiger partial charge in [-0.3, -0.25) is 14.4 Å². The van der Waals surface area contributed by atoms with Crippen LogP contribution < -0.4 is 5.32 Å². The first-order valence-electron chi connectivity index (χ1n) is 7.35. The lowest BCUT2D eigenvalue weighted by Gasteiger charge is -2.42. The molecule has 2 saturated heterocycles. The van der Waals surface area contributed by atoms with E-state index in [-0.39, 0.29) is 30.8 Å². The second-order valence-electron chi connectivity index (χ2n) is 5.56. The van der Waals surface area contributed by atoms with Crippen LogP contribution in [0.5, 0.6) is 0 Å². The summed E-state index contributed by atoms with van der Waals surface area (Å²) in [6.45, 7) is 1.06. The molecule has 0 radical (unpaired) electrons. The minimum atomic E-state index is -0.594. The van der Waals surface area contributed by atoms with Gasteiger partial charge in [0, 0.05) is 13.1 Å². The van der Waals surface area contributed by atoms with Gasteiger partial charge >= 0.3 is 0 Å². The van der Waals surface area contributed by atoms with Crippen LogP contribution in [0.25, 0.3) is 10.2 Å². The quantitative estimate of drug-likeness (QED) is 0.803. The van der Waals surface area contributed by atoms with Crippen molar-refractivity contribution in [1.82, 2.24) is 20.1 Å². The molecular formula is C15H14N4O3S. The van der Waals surface area contributed by atoms with Crippen LogP contribution in [0.15, 0.2) is 24.3 Å². The van der Waals surface area contributed by atoms with Gasteiger partial charge in [-0.25, -0.2) is 4.98 Å². The Bertz CT molecular complexity index is 785. The Hall–Kier alpha value is -2.48. The third-order valence-corrected chi connectivity index (χ3v) is 5.21. The molecule has 3 amide bonds. The number of thiazole rings is 1. The number of nitrogens with one attached hydrogen (secondary N) is 1. The molecule has 0 unspecified atom stereocenters. The second kappa shape index (κ2) is 5.31. The number of rotatable bonds is 1. The van der Waals surface area contributed by atoms with Gasteiger partial charge in [-0.15, -0.1) is 11.3 Å². The smallest absolute Gasteiger partial charge is 0.283 e. The molecule has 1 aromatic heterocycles. The zero-order valence-corrected chi connectivity index (χ0v) is 13.0. The molecule has 0 spiro atoms. The van der Waals surface area contributed by atoms with Gasteiger partial charge in [0.15, 0.2) is 5.01 Å². The number of hydrogen-bond donors (Lipinski definition) is 1. The van der Waals surface area contributed by atoms with Crippen LogP contribution in [0, 0.1) is 0 Å². The lowest BCUT2D eigenvalue weighted by Crippen LogP contribution is -2.66. The second-order valence-corrected chi connectivity index (χ2v) is 6.59. The van der Waals surface area contributed by atoms with Crippen molar-refractivity contribution in [3.63, 3.8) is 0 Å². The average molecular weight is 330 g/mol. The van der Waals surface area contributed by atoms with Gasteiger partial charge in [0.2, 0.25) is 11.8 Å². The van der Waals surface area contributed by atoms with Crippen molar-refractivity contribution in [3.05, 3.63) is 29.3 Å². The number of para-hydroxylation sites is 1. The van der Waals surface area contributed by atoms with Crippen molar-refractivity contribution < 1.29 is 14.4 Å². The molecular weight excluding hydrogens is 316 g/mol. The Morgan fingerprint density at radius 3 is 2.91 bits per heavy atom. The van der Waals surface area contributed by atoms with E-state index in [1.54, 1.807) is 9.80 Å². The molecule has 2 aliphatic heterocycles. The van der Waals surface area contributed by atoms with E-state index in [9.17, 15) is 14.4 Å². The maximum absolute atomic E-state index is 12.7. The highest BCUT2D eigenvalue weighted by molar-refractivity contribution is 7.20. The molecule has 4 rings (SSSR count). The average Bonchev–Trinajstić information content (AvgIpc) is 3.01. The highest BCUT2D eigenvalue weighted by atomic mass is 32.1. The number of carbonyl (C=O) groups excluding carboxylic acids is 3. The highest BCUT2D eigenvalue weighted by Crippen LogP contribution is 2.24. The van der Waals surface area contributed by atoms with Crippen molar-refractivity contribution in [3.8, 4) is 0 Å². The summed E-state index contributed by atoms with van der Waals surface area (Å²) in [5.41, 5.74) is 0.796. The van der Waals surface area contributed by atoms with Crippen molar-refractivity contribution in [2.45, 2.75) is 6.04 Å². The number of aromatic nitrogens is 1. The zero-order valence-electron chi connectivity index (χ0n) is 12.2. The predicted molar refractivity (Wildman–Crippen MR) is 84.0 cm³/mol. The Labute approximate surface area is 135 Å². The zero-order chi connectivity index (χ0) is 16.0. The summed E-state index contributed by atoms with van der Waals surface area (Å²) < 4.78 is 0.958. The van der Waals surface area contributed by atoms with Gasteiger partial charge in [-0.2, -0.15) is 0 Å². The molecule has 7 nitrogen and oxygen atoms in total. The van der Waals surface area contributed by atoms with Crippen LogP contribution in [-0.4, -0.2) is 64.7 Å². The Morgan fingerprint density at radius 1 is 1.26 bits per heavy atom. The van der Waals surface area contributed by atoms with E-state index >= 15 is 0 Å². The van der Waals surface area contributed by atoms with Gasteiger partial charge in [0.25, 0.3) is 5.91 Å². The summed E-state index contributed by atoms with van der Waals surface area (Å²) in [5, 5.41) is 2.99. The van der Waals surface area contributed by atoms with E-state index in [1.165, 1.54) is 11.3 Å². The van der Waals surface area contributed by atoms with Crippen molar-refractivity contribution in [1.29, 1.82) is 0 Å². The van der Waals surface area contributed by atoms with Gasteiger partial charge in [0.1, 0.15) is 6.04 Å². The Kier molecular flexibility index (Phi) is 3.26. The van der Waals surface area contributed by atoms with Crippen LogP contribution >= 0.6 is 11.3 Å². The molecule has 2 aliphatic rings. The first kappa shape index (κ1) is 14.1. The van der Waals surface area contributed by atoms with Crippen molar-refractivity contribution >= 4 is 39.3 Å². The molecule has 1 N–H and O–H groups in total. The summed E-state index contributed by atoms with van der Waals surface area (Å²) in [6.07, 6.45) is 0. The van der Waals surface area contributed by atoms with E-state index in [2.05, 4.69) is 10.3 Å².